The molecule has 0 saturated carbocycles. The highest BCUT2D eigenvalue weighted by Gasteiger charge is 2.36. The zero-order chi connectivity index (χ0) is 23.9. The molecule has 0 aliphatic rings. The fourth-order valence-electron chi connectivity index (χ4n) is 4.81. The average molecular weight is 443 g/mol. The third kappa shape index (κ3) is 3.63. The molecule has 0 atom stereocenters. The molecule has 0 saturated heterocycles. The Hall–Kier alpha value is -4.06. The normalized spacial score (nSPS) is 11.5. The van der Waals surface area contributed by atoms with E-state index < -0.39 is 17.4 Å². The highest BCUT2D eigenvalue weighted by Crippen LogP contribution is 2.42. The lowest BCUT2D eigenvalue weighted by Crippen LogP contribution is -2.23. The minimum atomic E-state index is -1.04. The maximum Gasteiger partial charge on any atom is 0.352 e. The number of aromatic carboxylic acids is 2. The molecule has 0 unspecified atom stereocenters. The van der Waals surface area contributed by atoms with E-state index in [4.69, 9.17) is 0 Å². The summed E-state index contributed by atoms with van der Waals surface area (Å²) >= 11 is 0. The molecule has 0 fully saturated rings. The number of benzene rings is 2. The first-order valence-electron chi connectivity index (χ1n) is 10.7. The minimum Gasteiger partial charge on any atom is -0.477 e. The summed E-state index contributed by atoms with van der Waals surface area (Å²) in [7, 11) is 0. The summed E-state index contributed by atoms with van der Waals surface area (Å²) in [6.45, 7) is 7.73. The molecule has 6 nitrogen and oxygen atoms in total. The highest BCUT2D eigenvalue weighted by molar-refractivity contribution is 5.97. The molecule has 2 aromatic heterocycles. The Bertz CT molecular complexity index is 1240. The van der Waals surface area contributed by atoms with Gasteiger partial charge in [-0.1, -0.05) is 60.7 Å². The molecule has 0 aliphatic heterocycles. The quantitative estimate of drug-likeness (QED) is 0.293. The zero-order valence-corrected chi connectivity index (χ0v) is 19.0. The number of carboxylic acids is 2. The molecular weight excluding hydrogens is 416 g/mol. The first-order valence-corrected chi connectivity index (χ1v) is 10.7. The Morgan fingerprint density at radius 3 is 1.30 bits per heavy atom. The molecule has 2 aromatic carbocycles. The van der Waals surface area contributed by atoms with Gasteiger partial charge < -0.3 is 20.2 Å². The van der Waals surface area contributed by atoms with Gasteiger partial charge in [0.15, 0.2) is 0 Å². The van der Waals surface area contributed by atoms with Crippen LogP contribution in [0.1, 0.15) is 57.3 Å². The van der Waals surface area contributed by atoms with E-state index in [2.05, 4.69) is 9.97 Å². The number of H-pyrrole nitrogens is 2. The smallest absolute Gasteiger partial charge is 0.352 e. The van der Waals surface area contributed by atoms with Gasteiger partial charge >= 0.3 is 11.9 Å². The zero-order valence-electron chi connectivity index (χ0n) is 19.0. The largest absolute Gasteiger partial charge is 0.477 e. The number of aromatic nitrogens is 2. The summed E-state index contributed by atoms with van der Waals surface area (Å²) in [5.74, 6) is -2.09. The van der Waals surface area contributed by atoms with Crippen LogP contribution in [0.4, 0.5) is 0 Å². The van der Waals surface area contributed by atoms with Gasteiger partial charge in [0.2, 0.25) is 0 Å². The van der Waals surface area contributed by atoms with E-state index in [1.54, 1.807) is 0 Å². The molecule has 0 radical (unpaired) electrons. The number of aromatic amines is 2. The third-order valence-electron chi connectivity index (χ3n) is 6.30. The van der Waals surface area contributed by atoms with Gasteiger partial charge in [-0.2, -0.15) is 0 Å². The third-order valence-corrected chi connectivity index (χ3v) is 6.30. The van der Waals surface area contributed by atoms with Crippen molar-refractivity contribution in [3.8, 4) is 22.3 Å². The van der Waals surface area contributed by atoms with Crippen molar-refractivity contribution in [2.75, 3.05) is 0 Å². The summed E-state index contributed by atoms with van der Waals surface area (Å²) in [4.78, 5) is 30.5. The van der Waals surface area contributed by atoms with Gasteiger partial charge in [-0.3, -0.25) is 0 Å². The van der Waals surface area contributed by atoms with Crippen molar-refractivity contribution in [3.05, 3.63) is 94.6 Å². The van der Waals surface area contributed by atoms with Crippen molar-refractivity contribution < 1.29 is 19.8 Å². The molecule has 4 aromatic rings. The molecular formula is C27H26N2O4. The van der Waals surface area contributed by atoms with Crippen molar-refractivity contribution in [1.29, 1.82) is 0 Å². The van der Waals surface area contributed by atoms with Crippen LogP contribution in [0.2, 0.25) is 0 Å². The van der Waals surface area contributed by atoms with Crippen LogP contribution in [-0.4, -0.2) is 32.1 Å². The van der Waals surface area contributed by atoms with Gasteiger partial charge in [0.25, 0.3) is 0 Å². The molecule has 0 spiro atoms. The molecule has 2 heterocycles. The van der Waals surface area contributed by atoms with Crippen LogP contribution in [-0.2, 0) is 5.41 Å². The Kier molecular flexibility index (Phi) is 5.46. The van der Waals surface area contributed by atoms with E-state index in [1.807, 2.05) is 88.4 Å². The fourth-order valence-corrected chi connectivity index (χ4v) is 4.81. The second-order valence-corrected chi connectivity index (χ2v) is 8.72. The van der Waals surface area contributed by atoms with Gasteiger partial charge in [0.1, 0.15) is 11.4 Å². The Labute approximate surface area is 191 Å². The summed E-state index contributed by atoms with van der Waals surface area (Å²) < 4.78 is 0. The minimum absolute atomic E-state index is 0.118. The van der Waals surface area contributed by atoms with Gasteiger partial charge in [-0.15, -0.1) is 0 Å². The van der Waals surface area contributed by atoms with Crippen LogP contribution < -0.4 is 0 Å². The number of nitrogens with one attached hydrogen (secondary N) is 2. The van der Waals surface area contributed by atoms with Crippen LogP contribution in [0.25, 0.3) is 22.3 Å². The molecule has 0 bridgehead atoms. The van der Waals surface area contributed by atoms with Gasteiger partial charge in [-0.05, 0) is 49.9 Å². The number of hydrogen-bond acceptors (Lipinski definition) is 2. The maximum absolute atomic E-state index is 12.1. The Morgan fingerprint density at radius 1 is 0.667 bits per heavy atom. The summed E-state index contributed by atoms with van der Waals surface area (Å²) in [6.07, 6.45) is 0. The van der Waals surface area contributed by atoms with Gasteiger partial charge in [0, 0.05) is 27.9 Å². The molecule has 168 valence electrons. The van der Waals surface area contributed by atoms with Crippen LogP contribution >= 0.6 is 0 Å². The lowest BCUT2D eigenvalue weighted by Gasteiger charge is -2.25. The molecule has 4 N–H and O–H groups in total. The molecule has 33 heavy (non-hydrogen) atoms. The fraction of sp³-hybridized carbons (Fsp3) is 0.185. The number of hydrogen-bond donors (Lipinski definition) is 4. The van der Waals surface area contributed by atoms with Crippen molar-refractivity contribution in [3.63, 3.8) is 0 Å². The first kappa shape index (κ1) is 22.1. The van der Waals surface area contributed by atoms with E-state index in [9.17, 15) is 19.8 Å². The number of carboxylic acid groups (broad SMARTS) is 2. The van der Waals surface area contributed by atoms with E-state index in [0.29, 0.717) is 11.1 Å². The van der Waals surface area contributed by atoms with Crippen molar-refractivity contribution in [2.24, 2.45) is 0 Å². The molecule has 4 rings (SSSR count). The predicted molar refractivity (Wildman–Crippen MR) is 128 cm³/mol. The van der Waals surface area contributed by atoms with Crippen molar-refractivity contribution >= 4 is 11.9 Å². The van der Waals surface area contributed by atoms with Crippen LogP contribution in [0, 0.1) is 13.8 Å². The summed E-state index contributed by atoms with van der Waals surface area (Å²) in [5.41, 5.74) is 5.48. The second kappa shape index (κ2) is 8.13. The second-order valence-electron chi connectivity index (χ2n) is 8.72. The topological polar surface area (TPSA) is 106 Å². The maximum atomic E-state index is 12.1. The lowest BCUT2D eigenvalue weighted by atomic mass is 9.80. The number of carbonyl (C=O) groups is 2. The van der Waals surface area contributed by atoms with E-state index in [-0.39, 0.29) is 11.4 Å². The summed E-state index contributed by atoms with van der Waals surface area (Å²) in [6, 6.07) is 18.8. The van der Waals surface area contributed by atoms with Gasteiger partial charge in [0.05, 0.1) is 0 Å². The Balaban J connectivity index is 1.95. The average Bonchev–Trinajstić information content (AvgIpc) is 3.33. The van der Waals surface area contributed by atoms with Crippen LogP contribution in [0.15, 0.2) is 60.7 Å². The molecule has 0 aliphatic carbocycles. The Morgan fingerprint density at radius 2 is 1.00 bits per heavy atom. The summed E-state index contributed by atoms with van der Waals surface area (Å²) in [5, 5.41) is 19.8. The highest BCUT2D eigenvalue weighted by atomic mass is 16.4. The van der Waals surface area contributed by atoms with Crippen molar-refractivity contribution in [2.45, 2.75) is 33.1 Å². The van der Waals surface area contributed by atoms with Gasteiger partial charge in [-0.25, -0.2) is 9.59 Å². The molecule has 0 amide bonds. The standard InChI is InChI=1S/C27H26N2O4/c1-15-19(17-11-7-5-8-12-17)21(25(30)31)28-23(15)27(3,4)24-16(2)20(22(29-24)26(32)33)18-13-9-6-10-14-18/h5-14,28-29H,1-4H3,(H,30,31)(H,32,33). The molecule has 6 heteroatoms. The van der Waals surface area contributed by atoms with E-state index in [1.165, 1.54) is 0 Å². The van der Waals surface area contributed by atoms with Crippen LogP contribution in [0.3, 0.4) is 0 Å². The lowest BCUT2D eigenvalue weighted by molar-refractivity contribution is 0.0681. The van der Waals surface area contributed by atoms with Crippen LogP contribution in [0.5, 0.6) is 0 Å². The first-order chi connectivity index (χ1) is 15.6. The predicted octanol–water partition coefficient (Wildman–Crippen LogP) is 6.02. The van der Waals surface area contributed by atoms with E-state index >= 15 is 0 Å². The monoisotopic (exact) mass is 442 g/mol. The SMILES string of the molecule is Cc1c(C(C)(C)c2[nH]c(C(=O)O)c(-c3ccccc3)c2C)[nH]c(C(=O)O)c1-c1ccccc1. The van der Waals surface area contributed by atoms with E-state index in [0.717, 1.165) is 33.6 Å². The number of rotatable bonds is 6. The van der Waals surface area contributed by atoms with Crippen molar-refractivity contribution in [1.82, 2.24) is 9.97 Å².